The van der Waals surface area contributed by atoms with E-state index in [1.165, 1.54) is 8.20 Å². The fraction of sp³-hybridized carbons (Fsp3) is 0. The summed E-state index contributed by atoms with van der Waals surface area (Å²) < 4.78 is 0. The molecule has 0 aliphatic carbocycles. The predicted molar refractivity (Wildman–Crippen MR) is 22.1 cm³/mol. The molecule has 0 amide bonds. The maximum absolute atomic E-state index is 2.10. The van der Waals surface area contributed by atoms with Gasteiger partial charge in [0.15, 0.2) is 0 Å². The number of hydrogen-bond acceptors (Lipinski definition) is 0. The van der Waals surface area contributed by atoms with Gasteiger partial charge in [0.1, 0.15) is 0 Å². The van der Waals surface area contributed by atoms with Gasteiger partial charge in [-0.2, -0.15) is 0 Å². The summed E-state index contributed by atoms with van der Waals surface area (Å²) in [5.41, 5.74) is 0. The van der Waals surface area contributed by atoms with Crippen LogP contribution in [0.25, 0.3) is 0 Å². The average Bonchev–Trinajstić information content (AvgIpc) is 0.722. The molecule has 0 saturated heterocycles. The van der Waals surface area contributed by atoms with Crippen molar-refractivity contribution in [2.45, 2.75) is 0 Å². The molecule has 0 aromatic carbocycles. The molecule has 0 nitrogen and oxygen atoms in total. The predicted octanol–water partition coefficient (Wildman–Crippen LogP) is 1.26. The van der Waals surface area contributed by atoms with Crippen LogP contribution in [0.1, 0.15) is 0 Å². The van der Waals surface area contributed by atoms with E-state index in [1.54, 1.807) is 0 Å². The summed E-state index contributed by atoms with van der Waals surface area (Å²) >= 11 is 0. The second-order valence-corrected chi connectivity index (χ2v) is 1.53. The molecule has 0 bridgehead atoms. The fourth-order valence-electron chi connectivity index (χ4n) is 0.0861. The van der Waals surface area contributed by atoms with Crippen molar-refractivity contribution in [3.63, 3.8) is 0 Å². The minimum atomic E-state index is 0. The maximum atomic E-state index is 2.10. The van der Waals surface area contributed by atoms with Crippen molar-refractivity contribution in [1.82, 2.24) is 0 Å². The number of hydrogen-bond donors (Lipinski definition) is 0. The molecule has 30 valence electrons. The largest absolute Gasteiger partial charge is 0.0765 e. The van der Waals surface area contributed by atoms with Gasteiger partial charge in [-0.25, -0.2) is 0 Å². The van der Waals surface area contributed by atoms with Crippen LogP contribution in [0.3, 0.4) is 0 Å². The Morgan fingerprint density at radius 2 is 1.60 bits per heavy atom. The van der Waals surface area contributed by atoms with Crippen molar-refractivity contribution >= 4 is 14.0 Å². The topological polar surface area (TPSA) is 0 Å². The Kier molecular flexibility index (Phi) is 2.84. The van der Waals surface area contributed by atoms with E-state index in [9.17, 15) is 0 Å². The molecule has 2 heteroatoms. The molecule has 1 rings (SSSR count). The van der Waals surface area contributed by atoms with Gasteiger partial charge in [0.2, 0.25) is 0 Å². The van der Waals surface area contributed by atoms with E-state index in [4.69, 9.17) is 0 Å². The summed E-state index contributed by atoms with van der Waals surface area (Å²) in [4.78, 5) is 0. The standard InChI is InChI=1S/C3H3P.Ni/c1-2-4-3-1;/h1-3H;. The van der Waals surface area contributed by atoms with E-state index in [-0.39, 0.29) is 16.5 Å². The van der Waals surface area contributed by atoms with Crippen LogP contribution < -0.4 is 0 Å². The van der Waals surface area contributed by atoms with Crippen molar-refractivity contribution < 1.29 is 16.5 Å². The van der Waals surface area contributed by atoms with E-state index in [0.29, 0.717) is 0 Å². The number of allylic oxidation sites excluding steroid dienone is 1. The Hall–Kier alpha value is 0.404. The van der Waals surface area contributed by atoms with Crippen LogP contribution in [0, 0.1) is 0 Å². The van der Waals surface area contributed by atoms with Gasteiger partial charge in [-0.3, -0.25) is 0 Å². The normalized spacial score (nSPS) is 16.0. The average molecular weight is 129 g/mol. The molecule has 1 aliphatic rings. The van der Waals surface area contributed by atoms with Crippen molar-refractivity contribution in [2.75, 3.05) is 0 Å². The fourth-order valence-corrected chi connectivity index (χ4v) is 0.258. The van der Waals surface area contributed by atoms with E-state index in [2.05, 4.69) is 11.6 Å². The van der Waals surface area contributed by atoms with Gasteiger partial charge in [0.25, 0.3) is 0 Å². The first-order chi connectivity index (χ1) is 2.00. The molecule has 0 spiro atoms. The van der Waals surface area contributed by atoms with Gasteiger partial charge in [-0.1, -0.05) is 14.3 Å². The van der Waals surface area contributed by atoms with Crippen LogP contribution in [-0.2, 0) is 16.5 Å². The Morgan fingerprint density at radius 3 is 1.60 bits per heavy atom. The molecule has 1 aliphatic heterocycles. The Balaban J connectivity index is 0.000000160. The van der Waals surface area contributed by atoms with Crippen LogP contribution in [0.5, 0.6) is 0 Å². The molecular weight excluding hydrogens is 126 g/mol. The van der Waals surface area contributed by atoms with Gasteiger partial charge in [-0.15, -0.1) is 0 Å². The second-order valence-electron chi connectivity index (χ2n) is 0.640. The molecule has 5 heavy (non-hydrogen) atoms. The first kappa shape index (κ1) is 5.40. The van der Waals surface area contributed by atoms with E-state index < -0.39 is 0 Å². The summed E-state index contributed by atoms with van der Waals surface area (Å²) in [6.07, 6.45) is 2.04. The minimum absolute atomic E-state index is 0. The molecule has 0 fully saturated rings. The molecule has 0 atom stereocenters. The summed E-state index contributed by atoms with van der Waals surface area (Å²) in [5.74, 6) is 4.19. The maximum Gasteiger partial charge on any atom is 0 e. The first-order valence-electron chi connectivity index (χ1n) is 1.18. The van der Waals surface area contributed by atoms with E-state index >= 15 is 0 Å². The van der Waals surface area contributed by atoms with Gasteiger partial charge in [-0.05, 0) is 11.6 Å². The van der Waals surface area contributed by atoms with Crippen LogP contribution in [0.2, 0.25) is 0 Å². The smallest absolute Gasteiger partial charge is 0 e. The molecule has 0 unspecified atom stereocenters. The third-order valence-electron chi connectivity index (χ3n) is 0.344. The van der Waals surface area contributed by atoms with Crippen LogP contribution in [0.15, 0.2) is 11.9 Å². The summed E-state index contributed by atoms with van der Waals surface area (Å²) in [7, 11) is 1.37. The molecule has 0 N–H and O–H groups in total. The molecular formula is C3H3NiP. The molecule has 0 aromatic rings. The quantitative estimate of drug-likeness (QED) is 0.341. The zero-order valence-corrected chi connectivity index (χ0v) is 4.38. The Bertz CT molecular complexity index is 47.3. The summed E-state index contributed by atoms with van der Waals surface area (Å²) in [6.45, 7) is 0. The Morgan fingerprint density at radius 1 is 1.40 bits per heavy atom. The number of rotatable bonds is 0. The van der Waals surface area contributed by atoms with Gasteiger partial charge >= 0.3 is 0 Å². The van der Waals surface area contributed by atoms with Crippen LogP contribution in [0.4, 0.5) is 0 Å². The van der Waals surface area contributed by atoms with Gasteiger partial charge in [0.05, 0.1) is 0 Å². The third kappa shape index (κ3) is 1.31. The van der Waals surface area contributed by atoms with Crippen molar-refractivity contribution in [3.05, 3.63) is 11.9 Å². The van der Waals surface area contributed by atoms with E-state index in [1.807, 2.05) is 6.08 Å². The second kappa shape index (κ2) is 2.63. The molecule has 0 aromatic heterocycles. The first-order valence-corrected chi connectivity index (χ1v) is 2.22. The molecule has 0 radical (unpaired) electrons. The zero-order valence-electron chi connectivity index (χ0n) is 2.50. The van der Waals surface area contributed by atoms with Crippen molar-refractivity contribution in [2.24, 2.45) is 0 Å². The summed E-state index contributed by atoms with van der Waals surface area (Å²) in [5, 5.41) is 0. The molecule has 0 saturated carbocycles. The minimum Gasteiger partial charge on any atom is -0.0765 e. The molecule has 1 heterocycles. The van der Waals surface area contributed by atoms with Crippen molar-refractivity contribution in [1.29, 1.82) is 0 Å². The third-order valence-corrected chi connectivity index (χ3v) is 1.03. The van der Waals surface area contributed by atoms with E-state index in [0.717, 1.165) is 0 Å². The SMILES string of the molecule is C1=CP=C1.[Ni]. The van der Waals surface area contributed by atoms with Gasteiger partial charge < -0.3 is 0 Å². The monoisotopic (exact) mass is 128 g/mol. The van der Waals surface area contributed by atoms with Crippen molar-refractivity contribution in [3.8, 4) is 0 Å². The summed E-state index contributed by atoms with van der Waals surface area (Å²) in [6, 6.07) is 0. The van der Waals surface area contributed by atoms with Gasteiger partial charge in [0, 0.05) is 16.5 Å². The van der Waals surface area contributed by atoms with Crippen LogP contribution >= 0.6 is 8.20 Å². The van der Waals surface area contributed by atoms with Crippen LogP contribution in [-0.4, -0.2) is 5.80 Å². The Labute approximate surface area is 43.0 Å². The zero-order chi connectivity index (χ0) is 2.83.